The van der Waals surface area contributed by atoms with Crippen LogP contribution in [0.4, 0.5) is 0 Å². The summed E-state index contributed by atoms with van der Waals surface area (Å²) in [7, 11) is -3.42. The maximum absolute atomic E-state index is 12.5. The summed E-state index contributed by atoms with van der Waals surface area (Å²) in [5.74, 6) is 2.32. The van der Waals surface area contributed by atoms with Crippen molar-refractivity contribution in [2.24, 2.45) is 5.92 Å². The van der Waals surface area contributed by atoms with Crippen LogP contribution in [0.1, 0.15) is 30.3 Å². The van der Waals surface area contributed by atoms with Gasteiger partial charge in [-0.15, -0.1) is 11.3 Å². The summed E-state index contributed by atoms with van der Waals surface area (Å²) < 4.78 is 33.6. The monoisotopic (exact) mass is 444 g/mol. The van der Waals surface area contributed by atoms with Crippen molar-refractivity contribution in [3.63, 3.8) is 0 Å². The van der Waals surface area contributed by atoms with Crippen LogP contribution in [0.25, 0.3) is 11.5 Å². The predicted molar refractivity (Wildman–Crippen MR) is 115 cm³/mol. The van der Waals surface area contributed by atoms with Gasteiger partial charge in [0.15, 0.2) is 5.76 Å². The summed E-state index contributed by atoms with van der Waals surface area (Å²) in [6.07, 6.45) is 3.73. The minimum atomic E-state index is -3.42. The number of aryl methyl sites for hydroxylation is 1. The average molecular weight is 445 g/mol. The molecule has 3 aromatic rings. The Bertz CT molecular complexity index is 1110. The van der Waals surface area contributed by atoms with E-state index in [4.69, 9.17) is 9.40 Å². The first-order valence-electron chi connectivity index (χ1n) is 10.2. The van der Waals surface area contributed by atoms with Crippen LogP contribution in [0.5, 0.6) is 0 Å². The van der Waals surface area contributed by atoms with Gasteiger partial charge >= 0.3 is 0 Å². The molecular formula is C21H24N4O3S2. The molecule has 1 N–H and O–H groups in total. The van der Waals surface area contributed by atoms with Crippen LogP contribution in [0, 0.1) is 12.8 Å². The average Bonchev–Trinajstić information content (AvgIpc) is 3.47. The Balaban J connectivity index is 1.30. The highest BCUT2D eigenvalue weighted by Gasteiger charge is 2.41. The molecule has 0 aromatic carbocycles. The van der Waals surface area contributed by atoms with Crippen LogP contribution >= 0.6 is 11.3 Å². The molecule has 0 aliphatic carbocycles. The number of aromatic nitrogens is 2. The molecule has 2 bridgehead atoms. The van der Waals surface area contributed by atoms with Crippen LogP contribution in [-0.2, 0) is 10.0 Å². The molecule has 3 aromatic heterocycles. The van der Waals surface area contributed by atoms with Gasteiger partial charge in [-0.3, -0.25) is 4.90 Å². The number of piperidine rings is 3. The Morgan fingerprint density at radius 2 is 2.20 bits per heavy atom. The smallest absolute Gasteiger partial charge is 0.250 e. The third-order valence-corrected chi connectivity index (χ3v) is 8.98. The minimum Gasteiger partial charge on any atom is -0.463 e. The molecule has 9 heteroatoms. The summed E-state index contributed by atoms with van der Waals surface area (Å²) in [5.41, 5.74) is 1.88. The van der Waals surface area contributed by atoms with E-state index in [0.717, 1.165) is 48.9 Å². The quantitative estimate of drug-likeness (QED) is 0.628. The fourth-order valence-electron chi connectivity index (χ4n) is 4.71. The number of nitrogens with zero attached hydrogens (tertiary/aromatic N) is 3. The Kier molecular flexibility index (Phi) is 5.22. The molecular weight excluding hydrogens is 420 g/mol. The van der Waals surface area contributed by atoms with Gasteiger partial charge in [0.25, 0.3) is 0 Å². The van der Waals surface area contributed by atoms with Crippen LogP contribution in [-0.4, -0.2) is 49.0 Å². The summed E-state index contributed by atoms with van der Waals surface area (Å²) in [5, 5.41) is 1.78. The van der Waals surface area contributed by atoms with E-state index in [1.807, 2.05) is 25.1 Å². The Morgan fingerprint density at radius 3 is 2.90 bits per heavy atom. The van der Waals surface area contributed by atoms with Gasteiger partial charge in [0.05, 0.1) is 6.26 Å². The van der Waals surface area contributed by atoms with Gasteiger partial charge in [-0.25, -0.2) is 23.1 Å². The second-order valence-electron chi connectivity index (χ2n) is 8.03. The lowest BCUT2D eigenvalue weighted by atomic mass is 9.74. The summed E-state index contributed by atoms with van der Waals surface area (Å²) >= 11 is 1.25. The molecule has 1 unspecified atom stereocenters. The van der Waals surface area contributed by atoms with Crippen molar-refractivity contribution < 1.29 is 12.8 Å². The van der Waals surface area contributed by atoms with Gasteiger partial charge in [-0.1, -0.05) is 6.07 Å². The Labute approximate surface area is 180 Å². The van der Waals surface area contributed by atoms with E-state index in [0.29, 0.717) is 22.6 Å². The SMILES string of the molecule is Cc1nc(-c2ccco2)cc([C@@H]2CN3CC[C@H]2C[C@@H]3CNS(=O)(=O)c2cccs2)n1. The largest absolute Gasteiger partial charge is 0.463 e. The second kappa shape index (κ2) is 7.88. The van der Waals surface area contributed by atoms with E-state index in [1.54, 1.807) is 23.8 Å². The van der Waals surface area contributed by atoms with E-state index in [9.17, 15) is 8.42 Å². The van der Waals surface area contributed by atoms with Crippen LogP contribution in [0.2, 0.25) is 0 Å². The minimum absolute atomic E-state index is 0.224. The highest BCUT2D eigenvalue weighted by molar-refractivity contribution is 7.91. The fraction of sp³-hybridized carbons (Fsp3) is 0.429. The number of furan rings is 1. The number of rotatable bonds is 6. The maximum atomic E-state index is 12.5. The number of fused-ring (bicyclic) bond motifs is 3. The van der Waals surface area contributed by atoms with Crippen molar-refractivity contribution in [2.45, 2.75) is 35.9 Å². The first kappa shape index (κ1) is 19.9. The topological polar surface area (TPSA) is 88.3 Å². The third kappa shape index (κ3) is 3.82. The molecule has 4 atom stereocenters. The third-order valence-electron chi connectivity index (χ3n) is 6.16. The molecule has 3 saturated heterocycles. The van der Waals surface area contributed by atoms with E-state index < -0.39 is 10.0 Å². The van der Waals surface area contributed by atoms with Crippen LogP contribution in [0.3, 0.4) is 0 Å². The first-order chi connectivity index (χ1) is 14.5. The van der Waals surface area contributed by atoms with Gasteiger partial charge < -0.3 is 4.42 Å². The lowest BCUT2D eigenvalue weighted by Crippen LogP contribution is -2.56. The first-order valence-corrected chi connectivity index (χ1v) is 12.5. The molecule has 3 fully saturated rings. The van der Waals surface area contributed by atoms with Crippen molar-refractivity contribution in [3.8, 4) is 11.5 Å². The molecule has 0 amide bonds. The van der Waals surface area contributed by atoms with Crippen molar-refractivity contribution in [2.75, 3.05) is 19.6 Å². The molecule has 7 nitrogen and oxygen atoms in total. The number of sulfonamides is 1. The van der Waals surface area contributed by atoms with Gasteiger partial charge in [-0.2, -0.15) is 0 Å². The van der Waals surface area contributed by atoms with Crippen LogP contribution < -0.4 is 4.72 Å². The molecule has 6 rings (SSSR count). The van der Waals surface area contributed by atoms with Crippen molar-refractivity contribution in [1.29, 1.82) is 0 Å². The molecule has 3 aliphatic rings. The summed E-state index contributed by atoms with van der Waals surface area (Å²) in [6, 6.07) is 9.45. The Morgan fingerprint density at radius 1 is 1.30 bits per heavy atom. The van der Waals surface area contributed by atoms with Gasteiger partial charge in [0.2, 0.25) is 10.0 Å². The van der Waals surface area contributed by atoms with E-state index in [1.165, 1.54) is 11.3 Å². The number of nitrogens with one attached hydrogen (secondary N) is 1. The molecule has 0 saturated carbocycles. The van der Waals surface area contributed by atoms with E-state index >= 15 is 0 Å². The number of hydrogen-bond acceptors (Lipinski definition) is 7. The zero-order chi connectivity index (χ0) is 20.7. The molecule has 3 aliphatic heterocycles. The molecule has 6 heterocycles. The van der Waals surface area contributed by atoms with Gasteiger partial charge in [-0.05, 0) is 61.9 Å². The lowest BCUT2D eigenvalue weighted by molar-refractivity contribution is 0.0317. The lowest BCUT2D eigenvalue weighted by Gasteiger charge is -2.49. The standard InChI is InChI=1S/C21H24N4O3S2/c1-14-23-18(11-19(24-14)20-4-2-8-28-20)17-13-25-7-6-15(17)10-16(25)12-22-30(26,27)21-5-3-9-29-21/h2-5,8-9,11,15-17,22H,6-7,10,12-13H2,1H3/t15-,16+,17+/m0/s1. The maximum Gasteiger partial charge on any atom is 0.250 e. The zero-order valence-corrected chi connectivity index (χ0v) is 18.3. The zero-order valence-electron chi connectivity index (χ0n) is 16.7. The molecule has 30 heavy (non-hydrogen) atoms. The van der Waals surface area contributed by atoms with Crippen molar-refractivity contribution in [1.82, 2.24) is 19.6 Å². The highest BCUT2D eigenvalue weighted by Crippen LogP contribution is 2.41. The summed E-state index contributed by atoms with van der Waals surface area (Å²) in [4.78, 5) is 11.7. The van der Waals surface area contributed by atoms with Gasteiger partial charge in [0.1, 0.15) is 15.7 Å². The molecule has 0 radical (unpaired) electrons. The van der Waals surface area contributed by atoms with Gasteiger partial charge in [0, 0.05) is 30.7 Å². The second-order valence-corrected chi connectivity index (χ2v) is 11.0. The normalized spacial score (nSPS) is 26.2. The predicted octanol–water partition coefficient (Wildman–Crippen LogP) is 3.26. The highest BCUT2D eigenvalue weighted by atomic mass is 32.2. The number of hydrogen-bond donors (Lipinski definition) is 1. The van der Waals surface area contributed by atoms with Crippen molar-refractivity contribution in [3.05, 3.63) is 53.5 Å². The van der Waals surface area contributed by atoms with E-state index in [2.05, 4.69) is 14.6 Å². The molecule has 0 spiro atoms. The van der Waals surface area contributed by atoms with Crippen molar-refractivity contribution >= 4 is 21.4 Å². The summed E-state index contributed by atoms with van der Waals surface area (Å²) in [6.45, 7) is 4.26. The molecule has 158 valence electrons. The van der Waals surface area contributed by atoms with Crippen LogP contribution in [0.15, 0.2) is 50.6 Å². The number of thiophene rings is 1. The van der Waals surface area contributed by atoms with E-state index in [-0.39, 0.29) is 6.04 Å². The fourth-order valence-corrected chi connectivity index (χ4v) is 6.82. The Hall–Kier alpha value is -2.07.